The smallest absolute Gasteiger partial charge is 0.261 e. The van der Waals surface area contributed by atoms with Crippen LogP contribution in [0.3, 0.4) is 0 Å². The van der Waals surface area contributed by atoms with E-state index in [2.05, 4.69) is 39.7 Å². The standard InChI is InChI=1S/C22H23N7O2/c1-15(2)10-11-28-13-23-19-9-8-17(12-18(19)22(28)31)25-21(30)20(29-14-24-26-27-29)16-6-4-3-5-7-16/h3-9,12-15,20H,10-11H2,1-2H3,(H,25,30)/t20-/m1/s1. The third-order valence-corrected chi connectivity index (χ3v) is 5.03. The molecule has 0 bridgehead atoms. The van der Waals surface area contributed by atoms with Crippen LogP contribution in [0.4, 0.5) is 5.69 Å². The summed E-state index contributed by atoms with van der Waals surface area (Å²) in [6.07, 6.45) is 3.86. The lowest BCUT2D eigenvalue weighted by molar-refractivity contribution is -0.118. The van der Waals surface area contributed by atoms with Crippen LogP contribution in [0.2, 0.25) is 0 Å². The van der Waals surface area contributed by atoms with Gasteiger partial charge in [0.1, 0.15) is 6.33 Å². The number of tetrazole rings is 1. The molecule has 158 valence electrons. The molecule has 2 aromatic carbocycles. The normalized spacial score (nSPS) is 12.2. The molecule has 1 amide bonds. The van der Waals surface area contributed by atoms with E-state index in [1.807, 2.05) is 30.3 Å². The van der Waals surface area contributed by atoms with Gasteiger partial charge in [-0.25, -0.2) is 9.67 Å². The third-order valence-electron chi connectivity index (χ3n) is 5.03. The molecule has 2 heterocycles. The van der Waals surface area contributed by atoms with Crippen molar-refractivity contribution in [2.45, 2.75) is 32.9 Å². The summed E-state index contributed by atoms with van der Waals surface area (Å²) in [5, 5.41) is 14.5. The van der Waals surface area contributed by atoms with Crippen LogP contribution in [0.25, 0.3) is 10.9 Å². The van der Waals surface area contributed by atoms with Crippen LogP contribution in [-0.2, 0) is 11.3 Å². The van der Waals surface area contributed by atoms with Crippen molar-refractivity contribution < 1.29 is 4.79 Å². The van der Waals surface area contributed by atoms with Crippen molar-refractivity contribution in [1.82, 2.24) is 29.8 Å². The zero-order valence-electron chi connectivity index (χ0n) is 17.3. The Hall–Kier alpha value is -3.88. The number of hydrogen-bond donors (Lipinski definition) is 1. The van der Waals surface area contributed by atoms with E-state index in [1.165, 1.54) is 11.0 Å². The van der Waals surface area contributed by atoms with Crippen molar-refractivity contribution in [3.63, 3.8) is 0 Å². The molecule has 4 aromatic rings. The molecule has 0 aliphatic carbocycles. The minimum absolute atomic E-state index is 0.123. The summed E-state index contributed by atoms with van der Waals surface area (Å²) in [4.78, 5) is 30.4. The van der Waals surface area contributed by atoms with Crippen molar-refractivity contribution >= 4 is 22.5 Å². The van der Waals surface area contributed by atoms with Gasteiger partial charge in [-0.15, -0.1) is 5.10 Å². The topological polar surface area (TPSA) is 108 Å². The minimum Gasteiger partial charge on any atom is -0.324 e. The number of amides is 1. The molecule has 9 heteroatoms. The zero-order valence-corrected chi connectivity index (χ0v) is 17.3. The number of carbonyl (C=O) groups is 1. The van der Waals surface area contributed by atoms with Crippen molar-refractivity contribution in [3.8, 4) is 0 Å². The molecular weight excluding hydrogens is 394 g/mol. The highest BCUT2D eigenvalue weighted by Crippen LogP contribution is 2.21. The Kier molecular flexibility index (Phi) is 5.83. The summed E-state index contributed by atoms with van der Waals surface area (Å²) < 4.78 is 3.01. The van der Waals surface area contributed by atoms with E-state index in [9.17, 15) is 9.59 Å². The Morgan fingerprint density at radius 1 is 1.10 bits per heavy atom. The molecule has 0 radical (unpaired) electrons. The van der Waals surface area contributed by atoms with Gasteiger partial charge in [-0.1, -0.05) is 44.2 Å². The van der Waals surface area contributed by atoms with Crippen molar-refractivity contribution in [1.29, 1.82) is 0 Å². The Labute approximate surface area is 178 Å². The Bertz CT molecular complexity index is 1230. The molecule has 9 nitrogen and oxygen atoms in total. The van der Waals surface area contributed by atoms with Gasteiger partial charge in [0.2, 0.25) is 0 Å². The molecule has 0 unspecified atom stereocenters. The van der Waals surface area contributed by atoms with Gasteiger partial charge < -0.3 is 5.32 Å². The highest BCUT2D eigenvalue weighted by Gasteiger charge is 2.24. The first-order valence-electron chi connectivity index (χ1n) is 10.1. The first kappa shape index (κ1) is 20.4. The summed E-state index contributed by atoms with van der Waals surface area (Å²) >= 11 is 0. The molecule has 1 N–H and O–H groups in total. The number of hydrogen-bond acceptors (Lipinski definition) is 6. The molecule has 0 spiro atoms. The fraction of sp³-hybridized carbons (Fsp3) is 0.273. The maximum absolute atomic E-state index is 13.2. The number of rotatable bonds is 7. The van der Waals surface area contributed by atoms with E-state index in [0.717, 1.165) is 12.0 Å². The fourth-order valence-electron chi connectivity index (χ4n) is 3.35. The second-order valence-corrected chi connectivity index (χ2v) is 7.75. The van der Waals surface area contributed by atoms with E-state index in [0.29, 0.717) is 29.1 Å². The summed E-state index contributed by atoms with van der Waals surface area (Å²) in [5.74, 6) is 0.163. The van der Waals surface area contributed by atoms with Gasteiger partial charge >= 0.3 is 0 Å². The molecule has 0 aliphatic heterocycles. The van der Waals surface area contributed by atoms with Crippen molar-refractivity contribution in [3.05, 3.63) is 77.1 Å². The van der Waals surface area contributed by atoms with Gasteiger partial charge in [0, 0.05) is 12.2 Å². The quantitative estimate of drug-likeness (QED) is 0.495. The van der Waals surface area contributed by atoms with E-state index >= 15 is 0 Å². The predicted octanol–water partition coefficient (Wildman–Crippen LogP) is 2.66. The zero-order chi connectivity index (χ0) is 21.8. The van der Waals surface area contributed by atoms with E-state index in [1.54, 1.807) is 29.1 Å². The van der Waals surface area contributed by atoms with Crippen LogP contribution < -0.4 is 10.9 Å². The minimum atomic E-state index is -0.747. The lowest BCUT2D eigenvalue weighted by Gasteiger charge is -2.17. The molecule has 0 saturated carbocycles. The summed E-state index contributed by atoms with van der Waals surface area (Å²) in [6, 6.07) is 13.6. The van der Waals surface area contributed by atoms with Crippen LogP contribution in [0.1, 0.15) is 31.9 Å². The Morgan fingerprint density at radius 2 is 1.90 bits per heavy atom. The summed E-state index contributed by atoms with van der Waals surface area (Å²) in [5.41, 5.74) is 1.71. The molecule has 0 fully saturated rings. The van der Waals surface area contributed by atoms with Gasteiger partial charge in [0.15, 0.2) is 6.04 Å². The lowest BCUT2D eigenvalue weighted by atomic mass is 10.1. The number of carbonyl (C=O) groups excluding carboxylic acids is 1. The van der Waals surface area contributed by atoms with Crippen molar-refractivity contribution in [2.75, 3.05) is 5.32 Å². The molecule has 0 aliphatic rings. The Morgan fingerprint density at radius 3 is 2.61 bits per heavy atom. The monoisotopic (exact) mass is 417 g/mol. The largest absolute Gasteiger partial charge is 0.324 e. The second-order valence-electron chi connectivity index (χ2n) is 7.75. The van der Waals surface area contributed by atoms with Crippen molar-refractivity contribution in [2.24, 2.45) is 5.92 Å². The van der Waals surface area contributed by atoms with Gasteiger partial charge in [-0.05, 0) is 46.5 Å². The number of aromatic nitrogens is 6. The molecule has 4 rings (SSSR count). The summed E-state index contributed by atoms with van der Waals surface area (Å²) in [7, 11) is 0. The van der Waals surface area contributed by atoms with E-state index in [-0.39, 0.29) is 11.5 Å². The van der Waals surface area contributed by atoms with E-state index in [4.69, 9.17) is 0 Å². The lowest BCUT2D eigenvalue weighted by Crippen LogP contribution is -2.27. The molecule has 1 atom stereocenters. The number of aryl methyl sites for hydroxylation is 1. The number of fused-ring (bicyclic) bond motifs is 1. The first-order chi connectivity index (χ1) is 15.0. The average molecular weight is 417 g/mol. The summed E-state index contributed by atoms with van der Waals surface area (Å²) in [6.45, 7) is 4.83. The first-order valence-corrected chi connectivity index (χ1v) is 10.1. The molecule has 2 aromatic heterocycles. The number of anilines is 1. The molecule has 31 heavy (non-hydrogen) atoms. The number of benzene rings is 2. The highest BCUT2D eigenvalue weighted by atomic mass is 16.2. The number of nitrogens with zero attached hydrogens (tertiary/aromatic N) is 6. The SMILES string of the molecule is CC(C)CCn1cnc2ccc(NC(=O)[C@@H](c3ccccc3)n3cnnn3)cc2c1=O. The van der Waals surface area contributed by atoms with Crippen LogP contribution in [0.5, 0.6) is 0 Å². The van der Waals surface area contributed by atoms with Gasteiger partial charge in [0.05, 0.1) is 17.2 Å². The number of nitrogens with one attached hydrogen (secondary N) is 1. The van der Waals surface area contributed by atoms with Gasteiger partial charge in [-0.3, -0.25) is 14.2 Å². The fourth-order valence-corrected chi connectivity index (χ4v) is 3.35. The van der Waals surface area contributed by atoms with E-state index < -0.39 is 6.04 Å². The predicted molar refractivity (Wildman–Crippen MR) is 116 cm³/mol. The molecule has 0 saturated heterocycles. The molecular formula is C22H23N7O2. The van der Waals surface area contributed by atoms with Crippen LogP contribution in [0, 0.1) is 5.92 Å². The Balaban J connectivity index is 1.64. The van der Waals surface area contributed by atoms with Crippen LogP contribution >= 0.6 is 0 Å². The van der Waals surface area contributed by atoms with Crippen LogP contribution in [0.15, 0.2) is 66.0 Å². The maximum atomic E-state index is 13.2. The average Bonchev–Trinajstić information content (AvgIpc) is 3.29. The maximum Gasteiger partial charge on any atom is 0.261 e. The third kappa shape index (κ3) is 4.50. The van der Waals surface area contributed by atoms with Gasteiger partial charge in [-0.2, -0.15) is 0 Å². The second kappa shape index (κ2) is 8.86. The highest BCUT2D eigenvalue weighted by molar-refractivity contribution is 5.97. The van der Waals surface area contributed by atoms with Crippen LogP contribution in [-0.4, -0.2) is 35.7 Å². The van der Waals surface area contributed by atoms with Gasteiger partial charge in [0.25, 0.3) is 11.5 Å².